The van der Waals surface area contributed by atoms with Crippen LogP contribution in [-0.2, 0) is 5.75 Å². The number of nitrogens with one attached hydrogen (secondary N) is 1. The van der Waals surface area contributed by atoms with Crippen LogP contribution in [0.15, 0.2) is 23.4 Å². The quantitative estimate of drug-likeness (QED) is 0.438. The molecule has 2 heterocycles. The fraction of sp³-hybridized carbons (Fsp3) is 0.353. The fourth-order valence-corrected chi connectivity index (χ4v) is 4.61. The van der Waals surface area contributed by atoms with Gasteiger partial charge >= 0.3 is 0 Å². The lowest BCUT2D eigenvalue weighted by Crippen LogP contribution is -2.28. The summed E-state index contributed by atoms with van der Waals surface area (Å²) in [4.78, 5) is 13.1. The van der Waals surface area contributed by atoms with Crippen molar-refractivity contribution in [2.45, 2.75) is 42.3 Å². The molecule has 0 radical (unpaired) electrons. The van der Waals surface area contributed by atoms with E-state index in [4.69, 9.17) is 5.73 Å². The number of halogens is 2. The van der Waals surface area contributed by atoms with Crippen LogP contribution in [0.4, 0.5) is 19.7 Å². The summed E-state index contributed by atoms with van der Waals surface area (Å²) in [5, 5.41) is 14.1. The minimum absolute atomic E-state index is 0.0926. The van der Waals surface area contributed by atoms with E-state index in [0.29, 0.717) is 26.5 Å². The van der Waals surface area contributed by atoms with Crippen LogP contribution < -0.4 is 11.1 Å². The standard InChI is InChI=1S/C17H17F2N5OS2/c18-9-4-1-3-8(12(9)19)7-26-17-23-14(21-10-5-2-6-11(10)25)13-15(24-17)22-16(20)27-13/h1,3-4,10-11,25H,2,5-7H2,(H3,20,21,22,23,24)/t10?,11-/m0/s1. The lowest BCUT2D eigenvalue weighted by Gasteiger charge is -2.17. The molecule has 4 rings (SSSR count). The largest absolute Gasteiger partial charge is 0.391 e. The third-order valence-corrected chi connectivity index (χ3v) is 6.22. The number of aromatic nitrogens is 3. The normalized spacial score (nSPS) is 19.7. The number of aliphatic hydroxyl groups excluding tert-OH is 1. The van der Waals surface area contributed by atoms with Crippen LogP contribution in [0.2, 0.25) is 0 Å². The summed E-state index contributed by atoms with van der Waals surface area (Å²) in [5.41, 5.74) is 6.50. The molecule has 0 amide bonds. The molecule has 1 aromatic carbocycles. The van der Waals surface area contributed by atoms with Gasteiger partial charge in [0.15, 0.2) is 33.4 Å². The van der Waals surface area contributed by atoms with Gasteiger partial charge in [0.25, 0.3) is 0 Å². The number of rotatable bonds is 5. The Morgan fingerprint density at radius 1 is 1.26 bits per heavy atom. The maximum Gasteiger partial charge on any atom is 0.191 e. The van der Waals surface area contributed by atoms with E-state index in [1.807, 2.05) is 0 Å². The Kier molecular flexibility index (Phi) is 5.11. The van der Waals surface area contributed by atoms with E-state index in [0.717, 1.165) is 25.3 Å². The van der Waals surface area contributed by atoms with Crippen LogP contribution in [0.5, 0.6) is 0 Å². The third kappa shape index (κ3) is 3.83. The molecule has 1 unspecified atom stereocenters. The highest BCUT2D eigenvalue weighted by molar-refractivity contribution is 7.98. The van der Waals surface area contributed by atoms with Crippen LogP contribution in [0, 0.1) is 11.6 Å². The molecule has 2 atom stereocenters. The van der Waals surface area contributed by atoms with Gasteiger partial charge in [-0.1, -0.05) is 35.2 Å². The summed E-state index contributed by atoms with van der Waals surface area (Å²) in [6, 6.07) is 3.98. The molecule has 1 aliphatic rings. The highest BCUT2D eigenvalue weighted by Gasteiger charge is 2.26. The average molecular weight is 409 g/mol. The topological polar surface area (TPSA) is 97.0 Å². The molecule has 1 saturated carbocycles. The van der Waals surface area contributed by atoms with Crippen LogP contribution in [0.25, 0.3) is 10.3 Å². The second kappa shape index (κ2) is 7.53. The minimum atomic E-state index is -0.880. The number of nitrogens with zero attached hydrogens (tertiary/aromatic N) is 3. The first kappa shape index (κ1) is 18.3. The van der Waals surface area contributed by atoms with E-state index in [-0.39, 0.29) is 17.4 Å². The molecular weight excluding hydrogens is 392 g/mol. The molecule has 6 nitrogen and oxygen atoms in total. The Bertz CT molecular complexity index is 983. The van der Waals surface area contributed by atoms with Crippen molar-refractivity contribution in [3.63, 3.8) is 0 Å². The van der Waals surface area contributed by atoms with Crippen molar-refractivity contribution in [1.29, 1.82) is 0 Å². The number of anilines is 2. The highest BCUT2D eigenvalue weighted by atomic mass is 32.2. The number of thioether (sulfide) groups is 1. The lowest BCUT2D eigenvalue weighted by molar-refractivity contribution is 0.171. The first-order chi connectivity index (χ1) is 13.0. The predicted octanol–water partition coefficient (Wildman–Crippen LogP) is 3.56. The smallest absolute Gasteiger partial charge is 0.191 e. The van der Waals surface area contributed by atoms with Crippen LogP contribution in [0.3, 0.4) is 0 Å². The van der Waals surface area contributed by atoms with Gasteiger partial charge in [0, 0.05) is 11.3 Å². The summed E-state index contributed by atoms with van der Waals surface area (Å²) in [6.07, 6.45) is 2.10. The Balaban J connectivity index is 1.61. The molecular formula is C17H17F2N5OS2. The number of nitrogens with two attached hydrogens (primary N) is 1. The Hall–Kier alpha value is -2.04. The third-order valence-electron chi connectivity index (χ3n) is 4.44. The summed E-state index contributed by atoms with van der Waals surface area (Å²) in [7, 11) is 0. The first-order valence-corrected chi connectivity index (χ1v) is 10.3. The number of fused-ring (bicyclic) bond motifs is 1. The van der Waals surface area contributed by atoms with Gasteiger partial charge in [-0.2, -0.15) is 0 Å². The van der Waals surface area contributed by atoms with Gasteiger partial charge in [-0.05, 0) is 25.3 Å². The molecule has 1 aliphatic carbocycles. The molecule has 0 aliphatic heterocycles. The molecule has 27 heavy (non-hydrogen) atoms. The summed E-state index contributed by atoms with van der Waals surface area (Å²) < 4.78 is 27.9. The van der Waals surface area contributed by atoms with Gasteiger partial charge < -0.3 is 16.2 Å². The van der Waals surface area contributed by atoms with Gasteiger partial charge in [0.1, 0.15) is 4.70 Å². The highest BCUT2D eigenvalue weighted by Crippen LogP contribution is 2.33. The molecule has 0 saturated heterocycles. The van der Waals surface area contributed by atoms with Crippen LogP contribution >= 0.6 is 23.1 Å². The minimum Gasteiger partial charge on any atom is -0.391 e. The van der Waals surface area contributed by atoms with Crippen molar-refractivity contribution in [1.82, 2.24) is 15.0 Å². The Morgan fingerprint density at radius 3 is 2.89 bits per heavy atom. The maximum absolute atomic E-state index is 13.9. The monoisotopic (exact) mass is 409 g/mol. The molecule has 4 N–H and O–H groups in total. The number of benzene rings is 1. The molecule has 1 fully saturated rings. The maximum atomic E-state index is 13.9. The molecule has 10 heteroatoms. The van der Waals surface area contributed by atoms with Crippen LogP contribution in [0.1, 0.15) is 24.8 Å². The van der Waals surface area contributed by atoms with E-state index >= 15 is 0 Å². The van der Waals surface area contributed by atoms with Crippen molar-refractivity contribution in [2.75, 3.05) is 11.1 Å². The van der Waals surface area contributed by atoms with Crippen molar-refractivity contribution in [3.8, 4) is 0 Å². The SMILES string of the molecule is Nc1nc2nc(SCc3cccc(F)c3F)nc(NC3CCC[C@@H]3O)c2s1. The second-order valence-electron chi connectivity index (χ2n) is 6.31. The van der Waals surface area contributed by atoms with Crippen LogP contribution in [-0.4, -0.2) is 32.2 Å². The van der Waals surface area contributed by atoms with Crippen molar-refractivity contribution in [2.24, 2.45) is 0 Å². The number of aliphatic hydroxyl groups is 1. The van der Waals surface area contributed by atoms with Gasteiger partial charge in [-0.3, -0.25) is 0 Å². The number of hydrogen-bond acceptors (Lipinski definition) is 8. The summed E-state index contributed by atoms with van der Waals surface area (Å²) in [5.74, 6) is -1.01. The van der Waals surface area contributed by atoms with E-state index in [9.17, 15) is 13.9 Å². The number of thiazole rings is 1. The zero-order valence-electron chi connectivity index (χ0n) is 14.2. The summed E-state index contributed by atoms with van der Waals surface area (Å²) in [6.45, 7) is 0. The molecule has 0 spiro atoms. The first-order valence-electron chi connectivity index (χ1n) is 8.45. The fourth-order valence-electron chi connectivity index (χ4n) is 3.07. The molecule has 2 aromatic heterocycles. The van der Waals surface area contributed by atoms with Gasteiger partial charge in [0.05, 0.1) is 12.1 Å². The van der Waals surface area contributed by atoms with Crippen molar-refractivity contribution >= 4 is 44.4 Å². The Labute approximate surface area is 162 Å². The zero-order chi connectivity index (χ0) is 19.0. The average Bonchev–Trinajstić information content (AvgIpc) is 3.21. The van der Waals surface area contributed by atoms with Crippen molar-refractivity contribution < 1.29 is 13.9 Å². The second-order valence-corrected chi connectivity index (χ2v) is 8.28. The van der Waals surface area contributed by atoms with Gasteiger partial charge in [-0.25, -0.2) is 23.7 Å². The van der Waals surface area contributed by atoms with E-state index in [1.165, 1.54) is 35.2 Å². The lowest BCUT2D eigenvalue weighted by atomic mass is 10.2. The van der Waals surface area contributed by atoms with Crippen molar-refractivity contribution in [3.05, 3.63) is 35.4 Å². The Morgan fingerprint density at radius 2 is 2.11 bits per heavy atom. The predicted molar refractivity (Wildman–Crippen MR) is 103 cm³/mol. The summed E-state index contributed by atoms with van der Waals surface area (Å²) >= 11 is 2.46. The molecule has 3 aromatic rings. The zero-order valence-corrected chi connectivity index (χ0v) is 15.8. The van der Waals surface area contributed by atoms with Gasteiger partial charge in [-0.15, -0.1) is 0 Å². The molecule has 0 bridgehead atoms. The number of hydrogen-bond donors (Lipinski definition) is 3. The van der Waals surface area contributed by atoms with Gasteiger partial charge in [0.2, 0.25) is 0 Å². The van der Waals surface area contributed by atoms with E-state index in [1.54, 1.807) is 0 Å². The van der Waals surface area contributed by atoms with E-state index in [2.05, 4.69) is 20.3 Å². The van der Waals surface area contributed by atoms with E-state index < -0.39 is 17.7 Å². The number of nitrogen functional groups attached to an aromatic ring is 1. The molecule has 142 valence electrons.